The number of hydrogen-bond acceptors (Lipinski definition) is 4. The first-order valence-electron chi connectivity index (χ1n) is 7.51. The number of aliphatic hydroxyl groups is 1. The molecule has 1 aromatic heterocycles. The molecule has 0 saturated carbocycles. The first-order valence-corrected chi connectivity index (χ1v) is 7.51. The molecule has 112 valence electrons. The molecule has 2 atom stereocenters. The van der Waals surface area contributed by atoms with Gasteiger partial charge >= 0.3 is 0 Å². The highest BCUT2D eigenvalue weighted by Gasteiger charge is 2.32. The van der Waals surface area contributed by atoms with Gasteiger partial charge in [0, 0.05) is 24.5 Å². The van der Waals surface area contributed by atoms with Crippen molar-refractivity contribution in [1.82, 2.24) is 9.88 Å². The molecule has 0 amide bonds. The molecule has 1 saturated heterocycles. The van der Waals surface area contributed by atoms with Crippen molar-refractivity contribution >= 4 is 16.6 Å². The number of nitrogens with zero attached hydrogens (tertiary/aromatic N) is 3. The van der Waals surface area contributed by atoms with Gasteiger partial charge in [0.05, 0.1) is 12.3 Å². The van der Waals surface area contributed by atoms with Gasteiger partial charge in [0.1, 0.15) is 5.82 Å². The van der Waals surface area contributed by atoms with Crippen molar-refractivity contribution in [2.24, 2.45) is 5.92 Å². The minimum Gasteiger partial charge on any atom is -0.390 e. The third-order valence-corrected chi connectivity index (χ3v) is 4.47. The van der Waals surface area contributed by atoms with Gasteiger partial charge in [-0.2, -0.15) is 0 Å². The fraction of sp³-hybridized carbons (Fsp3) is 0.471. The number of aliphatic hydroxyl groups excluding tert-OH is 1. The number of pyridine rings is 1. The molecule has 3 rings (SSSR count). The van der Waals surface area contributed by atoms with Crippen molar-refractivity contribution in [3.63, 3.8) is 0 Å². The number of aromatic nitrogens is 1. The summed E-state index contributed by atoms with van der Waals surface area (Å²) in [5, 5.41) is 11.8. The second-order valence-corrected chi connectivity index (χ2v) is 6.23. The van der Waals surface area contributed by atoms with Crippen LogP contribution in [-0.4, -0.2) is 48.2 Å². The van der Waals surface area contributed by atoms with Crippen LogP contribution in [-0.2, 0) is 6.61 Å². The van der Waals surface area contributed by atoms with Gasteiger partial charge in [-0.3, -0.25) is 0 Å². The van der Waals surface area contributed by atoms with E-state index in [1.807, 2.05) is 12.1 Å². The smallest absolute Gasteiger partial charge is 0.136 e. The van der Waals surface area contributed by atoms with Crippen molar-refractivity contribution in [1.29, 1.82) is 0 Å². The van der Waals surface area contributed by atoms with Crippen molar-refractivity contribution in [2.45, 2.75) is 19.6 Å². The largest absolute Gasteiger partial charge is 0.390 e. The first-order chi connectivity index (χ1) is 10.1. The van der Waals surface area contributed by atoms with E-state index in [9.17, 15) is 5.11 Å². The summed E-state index contributed by atoms with van der Waals surface area (Å²) in [5.41, 5.74) is 0.740. The van der Waals surface area contributed by atoms with Gasteiger partial charge in [-0.25, -0.2) is 4.98 Å². The van der Waals surface area contributed by atoms with E-state index in [2.05, 4.69) is 54.0 Å². The Morgan fingerprint density at radius 3 is 2.71 bits per heavy atom. The van der Waals surface area contributed by atoms with Crippen LogP contribution in [0.5, 0.6) is 0 Å². The molecule has 1 aliphatic heterocycles. The average molecular weight is 285 g/mol. The summed E-state index contributed by atoms with van der Waals surface area (Å²) in [4.78, 5) is 9.34. The quantitative estimate of drug-likeness (QED) is 0.937. The lowest BCUT2D eigenvalue weighted by molar-refractivity contribution is 0.266. The Kier molecular flexibility index (Phi) is 3.83. The normalized spacial score (nSPS) is 22.4. The number of anilines is 1. The third-order valence-electron chi connectivity index (χ3n) is 4.47. The fourth-order valence-corrected chi connectivity index (χ4v) is 3.35. The molecule has 2 heterocycles. The highest BCUT2D eigenvalue weighted by molar-refractivity contribution is 5.92. The van der Waals surface area contributed by atoms with Crippen LogP contribution in [0.3, 0.4) is 0 Å². The molecule has 4 heteroatoms. The van der Waals surface area contributed by atoms with E-state index in [0.717, 1.165) is 30.0 Å². The molecule has 2 unspecified atom stereocenters. The molecule has 21 heavy (non-hydrogen) atoms. The molecule has 1 fully saturated rings. The monoisotopic (exact) mass is 285 g/mol. The zero-order chi connectivity index (χ0) is 15.0. The van der Waals surface area contributed by atoms with Gasteiger partial charge in [-0.15, -0.1) is 0 Å². The standard InChI is InChI=1S/C17H23N3O/c1-12-9-20(10-16(12)19(2)3)17-15-7-5-4-6-13(15)8-14(11-21)18-17/h4-8,12,16,21H,9-11H2,1-3H3. The van der Waals surface area contributed by atoms with E-state index in [0.29, 0.717) is 12.0 Å². The van der Waals surface area contributed by atoms with E-state index in [1.54, 1.807) is 0 Å². The lowest BCUT2D eigenvalue weighted by Crippen LogP contribution is -2.34. The Labute approximate surface area is 126 Å². The summed E-state index contributed by atoms with van der Waals surface area (Å²) in [7, 11) is 4.28. The molecule has 1 N–H and O–H groups in total. The van der Waals surface area contributed by atoms with Gasteiger partial charge in [0.2, 0.25) is 0 Å². The van der Waals surface area contributed by atoms with Gasteiger partial charge in [-0.05, 0) is 31.5 Å². The molecule has 0 bridgehead atoms. The van der Waals surface area contributed by atoms with E-state index in [-0.39, 0.29) is 6.61 Å². The zero-order valence-electron chi connectivity index (χ0n) is 13.0. The summed E-state index contributed by atoms with van der Waals surface area (Å²) >= 11 is 0. The Morgan fingerprint density at radius 1 is 1.29 bits per heavy atom. The maximum atomic E-state index is 9.47. The fourth-order valence-electron chi connectivity index (χ4n) is 3.35. The SMILES string of the molecule is CC1CN(c2nc(CO)cc3ccccc23)CC1N(C)C. The topological polar surface area (TPSA) is 39.6 Å². The molecule has 2 aromatic rings. The van der Waals surface area contributed by atoms with E-state index >= 15 is 0 Å². The highest BCUT2D eigenvalue weighted by Crippen LogP contribution is 2.31. The Balaban J connectivity index is 2.04. The van der Waals surface area contributed by atoms with E-state index in [4.69, 9.17) is 0 Å². The zero-order valence-corrected chi connectivity index (χ0v) is 13.0. The maximum Gasteiger partial charge on any atom is 0.136 e. The van der Waals surface area contributed by atoms with Crippen LogP contribution in [0.2, 0.25) is 0 Å². The van der Waals surface area contributed by atoms with Crippen LogP contribution in [0.15, 0.2) is 30.3 Å². The van der Waals surface area contributed by atoms with Crippen molar-refractivity contribution in [3.05, 3.63) is 36.0 Å². The van der Waals surface area contributed by atoms with Gasteiger partial charge in [-0.1, -0.05) is 31.2 Å². The Bertz CT molecular complexity index is 641. The Hall–Kier alpha value is -1.65. The van der Waals surface area contributed by atoms with Crippen LogP contribution >= 0.6 is 0 Å². The molecular weight excluding hydrogens is 262 g/mol. The minimum atomic E-state index is -0.0155. The van der Waals surface area contributed by atoms with Crippen molar-refractivity contribution < 1.29 is 5.11 Å². The summed E-state index contributed by atoms with van der Waals surface area (Å²) in [6.45, 7) is 4.27. The van der Waals surface area contributed by atoms with E-state index < -0.39 is 0 Å². The minimum absolute atomic E-state index is 0.0155. The number of hydrogen-bond donors (Lipinski definition) is 1. The van der Waals surface area contributed by atoms with Crippen molar-refractivity contribution in [2.75, 3.05) is 32.1 Å². The van der Waals surface area contributed by atoms with E-state index in [1.165, 1.54) is 5.39 Å². The van der Waals surface area contributed by atoms with Crippen LogP contribution in [0, 0.1) is 5.92 Å². The summed E-state index contributed by atoms with van der Waals surface area (Å²) in [6, 6.07) is 10.8. The van der Waals surface area contributed by atoms with Crippen molar-refractivity contribution in [3.8, 4) is 0 Å². The summed E-state index contributed by atoms with van der Waals surface area (Å²) < 4.78 is 0. The molecule has 1 aromatic carbocycles. The van der Waals surface area contributed by atoms with Crippen LogP contribution in [0.1, 0.15) is 12.6 Å². The predicted octanol–water partition coefficient (Wildman–Crippen LogP) is 2.11. The second kappa shape index (κ2) is 5.62. The second-order valence-electron chi connectivity index (χ2n) is 6.23. The summed E-state index contributed by atoms with van der Waals surface area (Å²) in [5.74, 6) is 1.62. The third kappa shape index (κ3) is 2.61. The number of benzene rings is 1. The maximum absolute atomic E-state index is 9.47. The molecular formula is C17H23N3O. The summed E-state index contributed by atoms with van der Waals surface area (Å²) in [6.07, 6.45) is 0. The number of rotatable bonds is 3. The van der Waals surface area contributed by atoms with Crippen LogP contribution in [0.25, 0.3) is 10.8 Å². The molecule has 0 radical (unpaired) electrons. The molecule has 1 aliphatic rings. The highest BCUT2D eigenvalue weighted by atomic mass is 16.3. The van der Waals surface area contributed by atoms with Gasteiger partial charge < -0.3 is 14.9 Å². The van der Waals surface area contributed by atoms with Gasteiger partial charge in [0.25, 0.3) is 0 Å². The van der Waals surface area contributed by atoms with Gasteiger partial charge in [0.15, 0.2) is 0 Å². The predicted molar refractivity (Wildman–Crippen MR) is 86.5 cm³/mol. The lowest BCUT2D eigenvalue weighted by Gasteiger charge is -2.23. The average Bonchev–Trinajstić information content (AvgIpc) is 2.88. The lowest BCUT2D eigenvalue weighted by atomic mass is 10.1. The number of likely N-dealkylation sites (N-methyl/N-ethyl adjacent to an activating group) is 1. The Morgan fingerprint density at radius 2 is 2.05 bits per heavy atom. The first kappa shape index (κ1) is 14.3. The van der Waals surface area contributed by atoms with Crippen LogP contribution < -0.4 is 4.90 Å². The molecule has 0 spiro atoms. The van der Waals surface area contributed by atoms with Crippen LogP contribution in [0.4, 0.5) is 5.82 Å². The molecule has 4 nitrogen and oxygen atoms in total. The molecule has 0 aliphatic carbocycles. The number of fused-ring (bicyclic) bond motifs is 1.